The fraction of sp³-hybridized carbons (Fsp3) is 0.632. The van der Waals surface area contributed by atoms with Gasteiger partial charge in [0.1, 0.15) is 12.1 Å². The topological polar surface area (TPSA) is 62.7 Å². The average molecular weight is 345 g/mol. The molecule has 0 unspecified atom stereocenters. The molecule has 2 atom stereocenters. The van der Waals surface area contributed by atoms with E-state index in [1.165, 1.54) is 0 Å². The van der Waals surface area contributed by atoms with Gasteiger partial charge in [0.15, 0.2) is 0 Å². The minimum Gasteiger partial charge on any atom is -0.368 e. The third kappa shape index (κ3) is 4.00. The van der Waals surface area contributed by atoms with Crippen molar-refractivity contribution in [3.63, 3.8) is 0 Å². The van der Waals surface area contributed by atoms with Gasteiger partial charge in [0.2, 0.25) is 5.91 Å². The number of pyridine rings is 1. The number of aryl methyl sites for hydroxylation is 1. The number of ether oxygens (including phenoxy) is 1. The van der Waals surface area contributed by atoms with Gasteiger partial charge in [-0.05, 0) is 56.2 Å². The Bertz CT molecular complexity index is 628. The van der Waals surface area contributed by atoms with Crippen LogP contribution >= 0.6 is 0 Å². The molecule has 0 bridgehead atoms. The summed E-state index contributed by atoms with van der Waals surface area (Å²) in [6, 6.07) is 1.58. The lowest BCUT2D eigenvalue weighted by molar-refractivity contribution is -0.153. The molecule has 25 heavy (non-hydrogen) atoms. The van der Waals surface area contributed by atoms with Gasteiger partial charge >= 0.3 is 0 Å². The number of amides is 2. The summed E-state index contributed by atoms with van der Waals surface area (Å²) in [4.78, 5) is 33.4. The first kappa shape index (κ1) is 17.9. The molecule has 2 aliphatic heterocycles. The number of rotatable bonds is 4. The largest absolute Gasteiger partial charge is 0.368 e. The van der Waals surface area contributed by atoms with Gasteiger partial charge in [-0.25, -0.2) is 0 Å². The first-order valence-corrected chi connectivity index (χ1v) is 9.14. The summed E-state index contributed by atoms with van der Waals surface area (Å²) in [5, 5.41) is 0. The fourth-order valence-electron chi connectivity index (χ4n) is 3.66. The maximum Gasteiger partial charge on any atom is 0.252 e. The van der Waals surface area contributed by atoms with Crippen LogP contribution in [0.2, 0.25) is 0 Å². The fourth-order valence-corrected chi connectivity index (χ4v) is 3.66. The van der Waals surface area contributed by atoms with Crippen molar-refractivity contribution in [2.45, 2.75) is 57.7 Å². The van der Waals surface area contributed by atoms with Gasteiger partial charge in [0, 0.05) is 39.1 Å². The molecule has 6 nitrogen and oxygen atoms in total. The maximum absolute atomic E-state index is 13.0. The Kier molecular flexibility index (Phi) is 5.68. The lowest BCUT2D eigenvalue weighted by Gasteiger charge is -2.38. The second-order valence-electron chi connectivity index (χ2n) is 7.04. The quantitative estimate of drug-likeness (QED) is 0.836. The minimum absolute atomic E-state index is 0.00861. The van der Waals surface area contributed by atoms with E-state index in [1.807, 2.05) is 13.0 Å². The van der Waals surface area contributed by atoms with E-state index in [2.05, 4.69) is 4.98 Å². The van der Waals surface area contributed by atoms with Crippen molar-refractivity contribution < 1.29 is 14.3 Å². The van der Waals surface area contributed by atoms with Crippen molar-refractivity contribution >= 4 is 11.8 Å². The third-order valence-corrected chi connectivity index (χ3v) is 5.21. The van der Waals surface area contributed by atoms with E-state index in [-0.39, 0.29) is 24.0 Å². The van der Waals surface area contributed by atoms with Crippen LogP contribution in [0.1, 0.15) is 43.2 Å². The van der Waals surface area contributed by atoms with Gasteiger partial charge in [0.25, 0.3) is 5.91 Å². The monoisotopic (exact) mass is 345 g/mol. The molecular weight excluding hydrogens is 318 g/mol. The summed E-state index contributed by atoms with van der Waals surface area (Å²) < 4.78 is 5.54. The molecule has 3 heterocycles. The van der Waals surface area contributed by atoms with Crippen LogP contribution in [0.4, 0.5) is 0 Å². The average Bonchev–Trinajstić information content (AvgIpc) is 3.17. The summed E-state index contributed by atoms with van der Waals surface area (Å²) in [5.74, 6) is -0.00388. The number of likely N-dealkylation sites (N-methyl/N-ethyl adjacent to an activating group) is 1. The van der Waals surface area contributed by atoms with Gasteiger partial charge in [-0.15, -0.1) is 0 Å². The zero-order valence-electron chi connectivity index (χ0n) is 15.1. The molecule has 0 N–H and O–H groups in total. The van der Waals surface area contributed by atoms with Gasteiger partial charge in [0.05, 0.1) is 0 Å². The highest BCUT2D eigenvalue weighted by atomic mass is 16.5. The molecule has 6 heteroatoms. The van der Waals surface area contributed by atoms with Crippen molar-refractivity contribution in [3.05, 3.63) is 29.6 Å². The number of nitrogens with zero attached hydrogens (tertiary/aromatic N) is 3. The lowest BCUT2D eigenvalue weighted by atomic mass is 9.99. The van der Waals surface area contributed by atoms with Crippen molar-refractivity contribution in [2.75, 3.05) is 20.2 Å². The molecular formula is C19H27N3O3. The van der Waals surface area contributed by atoms with E-state index in [0.29, 0.717) is 19.7 Å². The standard InChI is InChI=1S/C19H27N3O3/c1-14-8-9-20-12-15(14)13-21(2)18(23)16-6-3-4-10-22(16)19(24)17-7-5-11-25-17/h8-9,12,16-17H,3-7,10-11,13H2,1-2H3/t16-,17-/m0/s1. The first-order valence-electron chi connectivity index (χ1n) is 9.14. The molecule has 0 aromatic carbocycles. The molecule has 0 aliphatic carbocycles. The van der Waals surface area contributed by atoms with Crippen LogP contribution in [0.25, 0.3) is 0 Å². The second-order valence-corrected chi connectivity index (χ2v) is 7.04. The number of likely N-dealkylation sites (tertiary alicyclic amines) is 1. The Morgan fingerprint density at radius 2 is 2.16 bits per heavy atom. The summed E-state index contributed by atoms with van der Waals surface area (Å²) in [7, 11) is 1.80. The number of carbonyl (C=O) groups excluding carboxylic acids is 2. The van der Waals surface area contributed by atoms with Crippen molar-refractivity contribution in [2.24, 2.45) is 0 Å². The predicted molar refractivity (Wildman–Crippen MR) is 93.8 cm³/mol. The number of piperidine rings is 1. The summed E-state index contributed by atoms with van der Waals surface area (Å²) in [6.45, 7) is 3.82. The molecule has 0 saturated carbocycles. The van der Waals surface area contributed by atoms with Crippen molar-refractivity contribution in [1.82, 2.24) is 14.8 Å². The molecule has 3 rings (SSSR count). The Balaban J connectivity index is 1.69. The number of hydrogen-bond donors (Lipinski definition) is 0. The van der Waals surface area contributed by atoms with Crippen LogP contribution in [0.15, 0.2) is 18.5 Å². The second kappa shape index (κ2) is 7.95. The van der Waals surface area contributed by atoms with E-state index in [0.717, 1.165) is 43.2 Å². The van der Waals surface area contributed by atoms with Crippen LogP contribution in [-0.2, 0) is 20.9 Å². The molecule has 136 valence electrons. The van der Waals surface area contributed by atoms with Crippen LogP contribution in [0.3, 0.4) is 0 Å². The number of aromatic nitrogens is 1. The van der Waals surface area contributed by atoms with Crippen LogP contribution < -0.4 is 0 Å². The highest BCUT2D eigenvalue weighted by Crippen LogP contribution is 2.24. The highest BCUT2D eigenvalue weighted by molar-refractivity contribution is 5.89. The molecule has 2 amide bonds. The molecule has 1 aromatic rings. The van der Waals surface area contributed by atoms with Crippen molar-refractivity contribution in [1.29, 1.82) is 0 Å². The molecule has 2 saturated heterocycles. The van der Waals surface area contributed by atoms with Gasteiger partial charge in [-0.2, -0.15) is 0 Å². The van der Waals surface area contributed by atoms with Gasteiger partial charge in [-0.3, -0.25) is 14.6 Å². The molecule has 0 spiro atoms. The Labute approximate surface area is 149 Å². The molecule has 2 fully saturated rings. The number of hydrogen-bond acceptors (Lipinski definition) is 4. The summed E-state index contributed by atoms with van der Waals surface area (Å²) in [6.07, 6.45) is 7.54. The first-order chi connectivity index (χ1) is 12.1. The van der Waals surface area contributed by atoms with Gasteiger partial charge < -0.3 is 14.5 Å². The Morgan fingerprint density at radius 1 is 1.32 bits per heavy atom. The minimum atomic E-state index is -0.368. The lowest BCUT2D eigenvalue weighted by Crippen LogP contribution is -2.54. The Hall–Kier alpha value is -1.95. The summed E-state index contributed by atoms with van der Waals surface area (Å²) >= 11 is 0. The Morgan fingerprint density at radius 3 is 2.88 bits per heavy atom. The number of carbonyl (C=O) groups is 2. The van der Waals surface area contributed by atoms with E-state index in [1.54, 1.807) is 29.2 Å². The van der Waals surface area contributed by atoms with Crippen LogP contribution in [-0.4, -0.2) is 58.9 Å². The zero-order chi connectivity index (χ0) is 17.8. The normalized spacial score (nSPS) is 23.5. The van der Waals surface area contributed by atoms with Crippen molar-refractivity contribution in [3.8, 4) is 0 Å². The van der Waals surface area contributed by atoms with Gasteiger partial charge in [-0.1, -0.05) is 0 Å². The van der Waals surface area contributed by atoms with Crippen LogP contribution in [0.5, 0.6) is 0 Å². The third-order valence-electron chi connectivity index (χ3n) is 5.21. The predicted octanol–water partition coefficient (Wildman–Crippen LogP) is 1.91. The molecule has 0 radical (unpaired) electrons. The smallest absolute Gasteiger partial charge is 0.252 e. The zero-order valence-corrected chi connectivity index (χ0v) is 15.1. The molecule has 2 aliphatic rings. The van der Waals surface area contributed by atoms with E-state index < -0.39 is 0 Å². The SMILES string of the molecule is Cc1ccncc1CN(C)C(=O)[C@@H]1CCCCN1C(=O)[C@@H]1CCCO1. The molecule has 1 aromatic heterocycles. The highest BCUT2D eigenvalue weighted by Gasteiger charge is 2.38. The van der Waals surface area contributed by atoms with Crippen LogP contribution in [0, 0.1) is 6.92 Å². The summed E-state index contributed by atoms with van der Waals surface area (Å²) in [5.41, 5.74) is 2.15. The van der Waals surface area contributed by atoms with E-state index >= 15 is 0 Å². The maximum atomic E-state index is 13.0. The van der Waals surface area contributed by atoms with E-state index in [9.17, 15) is 9.59 Å². The van der Waals surface area contributed by atoms with E-state index in [4.69, 9.17) is 4.74 Å².